The molecule has 0 bridgehead atoms. The summed E-state index contributed by atoms with van der Waals surface area (Å²) in [5, 5.41) is 6.21. The molecule has 7 heteroatoms. The Morgan fingerprint density at radius 3 is 2.60 bits per heavy atom. The van der Waals surface area contributed by atoms with Gasteiger partial charge >= 0.3 is 6.01 Å². The maximum atomic E-state index is 5.08. The van der Waals surface area contributed by atoms with Crippen molar-refractivity contribution in [2.24, 2.45) is 0 Å². The zero-order valence-electron chi connectivity index (χ0n) is 11.6. The number of benzene rings is 1. The Labute approximate surface area is 126 Å². The zero-order valence-corrected chi connectivity index (χ0v) is 13.2. The third kappa shape index (κ3) is 3.57. The fraction of sp³-hybridized carbons (Fsp3) is 0.308. The fourth-order valence-corrected chi connectivity index (χ4v) is 2.10. The summed E-state index contributed by atoms with van der Waals surface area (Å²) in [6.45, 7) is 4.71. The standard InChI is InChI=1S/C13H16BrN5O/c1-4-15-11-17-12(19-13(18-11)20-3)16-10-6-5-9(14)7-8(10)2/h5-7H,4H2,1-3H3,(H2,15,16,17,18,19). The van der Waals surface area contributed by atoms with Gasteiger partial charge in [-0.05, 0) is 37.6 Å². The maximum Gasteiger partial charge on any atom is 0.322 e. The summed E-state index contributed by atoms with van der Waals surface area (Å²) in [7, 11) is 1.53. The average Bonchev–Trinajstić information content (AvgIpc) is 2.42. The number of nitrogens with one attached hydrogen (secondary N) is 2. The molecule has 0 aliphatic carbocycles. The number of hydrogen-bond donors (Lipinski definition) is 2. The fourth-order valence-electron chi connectivity index (χ4n) is 1.63. The highest BCUT2D eigenvalue weighted by molar-refractivity contribution is 9.10. The molecule has 2 aromatic rings. The Balaban J connectivity index is 2.29. The van der Waals surface area contributed by atoms with Gasteiger partial charge in [0.05, 0.1) is 7.11 Å². The normalized spacial score (nSPS) is 10.2. The van der Waals surface area contributed by atoms with Gasteiger partial charge in [0.1, 0.15) is 0 Å². The predicted octanol–water partition coefficient (Wildman–Crippen LogP) is 3.13. The van der Waals surface area contributed by atoms with E-state index in [1.54, 1.807) is 0 Å². The van der Waals surface area contributed by atoms with Crippen molar-refractivity contribution in [3.05, 3.63) is 28.2 Å². The second-order valence-corrected chi connectivity index (χ2v) is 5.00. The molecule has 2 rings (SSSR count). The van der Waals surface area contributed by atoms with Gasteiger partial charge in [-0.3, -0.25) is 0 Å². The number of methoxy groups -OCH3 is 1. The molecule has 6 nitrogen and oxygen atoms in total. The van der Waals surface area contributed by atoms with Crippen LogP contribution in [0.5, 0.6) is 6.01 Å². The molecule has 2 N–H and O–H groups in total. The van der Waals surface area contributed by atoms with Gasteiger partial charge in [0.25, 0.3) is 0 Å². The lowest BCUT2D eigenvalue weighted by molar-refractivity contribution is 0.379. The molecule has 0 amide bonds. The average molecular weight is 338 g/mol. The summed E-state index contributed by atoms with van der Waals surface area (Å²) in [5.41, 5.74) is 2.02. The molecule has 20 heavy (non-hydrogen) atoms. The minimum absolute atomic E-state index is 0.271. The van der Waals surface area contributed by atoms with E-state index >= 15 is 0 Å². The molecule has 0 radical (unpaired) electrons. The van der Waals surface area contributed by atoms with Crippen molar-refractivity contribution >= 4 is 33.5 Å². The van der Waals surface area contributed by atoms with Crippen molar-refractivity contribution in [2.75, 3.05) is 24.3 Å². The Morgan fingerprint density at radius 2 is 1.95 bits per heavy atom. The van der Waals surface area contributed by atoms with Gasteiger partial charge in [-0.2, -0.15) is 15.0 Å². The van der Waals surface area contributed by atoms with Crippen LogP contribution in [0.25, 0.3) is 0 Å². The van der Waals surface area contributed by atoms with Crippen LogP contribution in [0.2, 0.25) is 0 Å². The predicted molar refractivity (Wildman–Crippen MR) is 82.7 cm³/mol. The molecular weight excluding hydrogens is 322 g/mol. The quantitative estimate of drug-likeness (QED) is 0.873. The van der Waals surface area contributed by atoms with Gasteiger partial charge in [0.15, 0.2) is 0 Å². The van der Waals surface area contributed by atoms with Crippen LogP contribution in [-0.2, 0) is 0 Å². The monoisotopic (exact) mass is 337 g/mol. The summed E-state index contributed by atoms with van der Waals surface area (Å²) in [6.07, 6.45) is 0. The van der Waals surface area contributed by atoms with Crippen molar-refractivity contribution in [3.63, 3.8) is 0 Å². The number of aromatic nitrogens is 3. The van der Waals surface area contributed by atoms with Gasteiger partial charge in [-0.25, -0.2) is 0 Å². The smallest absolute Gasteiger partial charge is 0.322 e. The molecule has 0 saturated carbocycles. The molecule has 0 aliphatic rings. The number of anilines is 3. The second-order valence-electron chi connectivity index (χ2n) is 4.08. The third-order valence-corrected chi connectivity index (χ3v) is 3.06. The summed E-state index contributed by atoms with van der Waals surface area (Å²) in [5.74, 6) is 0.926. The first-order valence-electron chi connectivity index (χ1n) is 6.19. The molecule has 106 valence electrons. The van der Waals surface area contributed by atoms with E-state index < -0.39 is 0 Å². The van der Waals surface area contributed by atoms with Gasteiger partial charge in [0, 0.05) is 16.7 Å². The Bertz CT molecular complexity index is 605. The van der Waals surface area contributed by atoms with Crippen LogP contribution in [0.3, 0.4) is 0 Å². The van der Waals surface area contributed by atoms with Crippen LogP contribution in [0.1, 0.15) is 12.5 Å². The summed E-state index contributed by atoms with van der Waals surface area (Å²) in [4.78, 5) is 12.6. The highest BCUT2D eigenvalue weighted by atomic mass is 79.9. The maximum absolute atomic E-state index is 5.08. The highest BCUT2D eigenvalue weighted by Gasteiger charge is 2.08. The Morgan fingerprint density at radius 1 is 1.20 bits per heavy atom. The summed E-state index contributed by atoms with van der Waals surface area (Å²) < 4.78 is 6.11. The summed E-state index contributed by atoms with van der Waals surface area (Å²) in [6, 6.07) is 6.21. The molecule has 0 spiro atoms. The van der Waals surface area contributed by atoms with Crippen LogP contribution in [-0.4, -0.2) is 28.6 Å². The van der Waals surface area contributed by atoms with Crippen LogP contribution >= 0.6 is 15.9 Å². The molecule has 0 saturated heterocycles. The number of ether oxygens (including phenoxy) is 1. The molecule has 0 unspecified atom stereocenters. The van der Waals surface area contributed by atoms with E-state index in [0.717, 1.165) is 22.3 Å². The lowest BCUT2D eigenvalue weighted by Crippen LogP contribution is -2.08. The number of rotatable bonds is 5. The number of hydrogen-bond acceptors (Lipinski definition) is 6. The largest absolute Gasteiger partial charge is 0.467 e. The molecule has 1 heterocycles. The van der Waals surface area contributed by atoms with Crippen LogP contribution in [0.15, 0.2) is 22.7 Å². The van der Waals surface area contributed by atoms with Crippen molar-refractivity contribution in [1.82, 2.24) is 15.0 Å². The van der Waals surface area contributed by atoms with Crippen LogP contribution < -0.4 is 15.4 Å². The van der Waals surface area contributed by atoms with E-state index in [1.807, 2.05) is 32.0 Å². The minimum atomic E-state index is 0.271. The molecule has 0 fully saturated rings. The number of aryl methyl sites for hydroxylation is 1. The van der Waals surface area contributed by atoms with Gasteiger partial charge in [-0.1, -0.05) is 15.9 Å². The molecule has 0 atom stereocenters. The van der Waals surface area contributed by atoms with Crippen molar-refractivity contribution in [1.29, 1.82) is 0 Å². The van der Waals surface area contributed by atoms with Gasteiger partial charge in [0.2, 0.25) is 11.9 Å². The lowest BCUT2D eigenvalue weighted by atomic mass is 10.2. The van der Waals surface area contributed by atoms with E-state index in [4.69, 9.17) is 4.74 Å². The third-order valence-electron chi connectivity index (χ3n) is 2.57. The van der Waals surface area contributed by atoms with E-state index in [2.05, 4.69) is 41.5 Å². The first-order chi connectivity index (χ1) is 9.62. The SMILES string of the molecule is CCNc1nc(Nc2ccc(Br)cc2C)nc(OC)n1. The van der Waals surface area contributed by atoms with E-state index in [0.29, 0.717) is 11.9 Å². The van der Waals surface area contributed by atoms with E-state index in [-0.39, 0.29) is 6.01 Å². The molecule has 1 aromatic heterocycles. The number of halogens is 1. The Kier molecular flexibility index (Phi) is 4.73. The van der Waals surface area contributed by atoms with Crippen LogP contribution in [0, 0.1) is 6.92 Å². The summed E-state index contributed by atoms with van der Waals surface area (Å²) >= 11 is 3.44. The van der Waals surface area contributed by atoms with Gasteiger partial charge in [-0.15, -0.1) is 0 Å². The zero-order chi connectivity index (χ0) is 14.5. The first-order valence-corrected chi connectivity index (χ1v) is 6.98. The minimum Gasteiger partial charge on any atom is -0.467 e. The highest BCUT2D eigenvalue weighted by Crippen LogP contribution is 2.23. The van der Waals surface area contributed by atoms with Gasteiger partial charge < -0.3 is 15.4 Å². The molecule has 0 aliphatic heterocycles. The lowest BCUT2D eigenvalue weighted by Gasteiger charge is -2.10. The Hall–Kier alpha value is -1.89. The topological polar surface area (TPSA) is 72.0 Å². The second kappa shape index (κ2) is 6.51. The van der Waals surface area contributed by atoms with Crippen LogP contribution in [0.4, 0.5) is 17.6 Å². The van der Waals surface area contributed by atoms with E-state index in [9.17, 15) is 0 Å². The van der Waals surface area contributed by atoms with Crippen molar-refractivity contribution in [3.8, 4) is 6.01 Å². The van der Waals surface area contributed by atoms with E-state index in [1.165, 1.54) is 7.11 Å². The molecular formula is C13H16BrN5O. The number of nitrogens with zero attached hydrogens (tertiary/aromatic N) is 3. The first kappa shape index (κ1) is 14.5. The molecule has 1 aromatic carbocycles. The van der Waals surface area contributed by atoms with Crippen molar-refractivity contribution < 1.29 is 4.74 Å². The van der Waals surface area contributed by atoms with Crippen molar-refractivity contribution in [2.45, 2.75) is 13.8 Å².